The lowest BCUT2D eigenvalue weighted by Gasteiger charge is -2.35. The number of ether oxygens (including phenoxy) is 2. The predicted molar refractivity (Wildman–Crippen MR) is 93.8 cm³/mol. The van der Waals surface area contributed by atoms with Gasteiger partial charge in [0.1, 0.15) is 17.8 Å². The molecule has 26 heavy (non-hydrogen) atoms. The van der Waals surface area contributed by atoms with Crippen LogP contribution >= 0.6 is 0 Å². The van der Waals surface area contributed by atoms with Crippen LogP contribution < -0.4 is 10.1 Å². The van der Waals surface area contributed by atoms with Crippen molar-refractivity contribution in [1.29, 1.82) is 0 Å². The van der Waals surface area contributed by atoms with Gasteiger partial charge in [-0.25, -0.2) is 14.6 Å². The molecule has 0 saturated heterocycles. The first-order chi connectivity index (χ1) is 12.5. The predicted octanol–water partition coefficient (Wildman–Crippen LogP) is 1.64. The quantitative estimate of drug-likeness (QED) is 0.810. The number of carbonyl (C=O) groups is 2. The Kier molecular flexibility index (Phi) is 5.11. The minimum absolute atomic E-state index is 0.343. The zero-order chi connectivity index (χ0) is 18.7. The van der Waals surface area contributed by atoms with E-state index in [-0.39, 0.29) is 12.1 Å². The molecule has 1 aromatic carbocycles. The Bertz CT molecular complexity index is 804. The highest BCUT2D eigenvalue weighted by atomic mass is 16.5. The Labute approximate surface area is 151 Å². The number of rotatable bonds is 4. The maximum Gasteiger partial charge on any atom is 0.328 e. The number of aromatic nitrogens is 2. The highest BCUT2D eigenvalue weighted by Crippen LogP contribution is 2.34. The van der Waals surface area contributed by atoms with E-state index in [1.807, 2.05) is 24.3 Å². The normalized spacial score (nSPS) is 17.2. The number of amides is 2. The number of H-pyrrole nitrogens is 1. The molecule has 0 saturated carbocycles. The largest absolute Gasteiger partial charge is 0.497 e. The zero-order valence-electron chi connectivity index (χ0n) is 15.0. The van der Waals surface area contributed by atoms with Crippen LogP contribution in [-0.2, 0) is 16.0 Å². The topological polar surface area (TPSA) is 96.6 Å². The Morgan fingerprint density at radius 2 is 2.19 bits per heavy atom. The summed E-state index contributed by atoms with van der Waals surface area (Å²) in [6.07, 6.45) is 2.30. The molecular weight excluding hydrogens is 336 g/mol. The van der Waals surface area contributed by atoms with Gasteiger partial charge in [-0.05, 0) is 24.6 Å². The molecule has 1 aliphatic heterocycles. The van der Waals surface area contributed by atoms with E-state index in [1.165, 1.54) is 7.11 Å². The third-order valence-corrected chi connectivity index (χ3v) is 4.49. The molecule has 8 heteroatoms. The van der Waals surface area contributed by atoms with E-state index in [9.17, 15) is 9.59 Å². The Hall–Kier alpha value is -3.03. The molecule has 0 aliphatic carbocycles. The van der Waals surface area contributed by atoms with Crippen molar-refractivity contribution >= 4 is 12.0 Å². The van der Waals surface area contributed by atoms with Crippen molar-refractivity contribution in [3.05, 3.63) is 47.5 Å². The summed E-state index contributed by atoms with van der Waals surface area (Å²) in [6, 6.07) is 6.09. The number of methoxy groups -OCH3 is 2. The standard InChI is InChI=1S/C18H22N4O4/c1-11(17(23)26-3)21-18(24)22-8-7-14-15(20-10-19-14)16(22)12-5-4-6-13(9-12)25-2/h4-6,9-11,16H,7-8H2,1-3H3,(H,19,20)(H,21,24)/t11-,16-/m1/s1. The lowest BCUT2D eigenvalue weighted by atomic mass is 9.96. The first-order valence-electron chi connectivity index (χ1n) is 8.36. The molecule has 0 fully saturated rings. The van der Waals surface area contributed by atoms with Crippen molar-refractivity contribution in [2.24, 2.45) is 0 Å². The van der Waals surface area contributed by atoms with Crippen LogP contribution in [-0.4, -0.2) is 53.7 Å². The van der Waals surface area contributed by atoms with E-state index < -0.39 is 12.0 Å². The number of hydrogen-bond acceptors (Lipinski definition) is 5. The Morgan fingerprint density at radius 3 is 2.92 bits per heavy atom. The monoisotopic (exact) mass is 358 g/mol. The number of urea groups is 1. The first kappa shape index (κ1) is 17.8. The molecule has 0 spiro atoms. The smallest absolute Gasteiger partial charge is 0.328 e. The fourth-order valence-electron chi connectivity index (χ4n) is 3.15. The van der Waals surface area contributed by atoms with Gasteiger partial charge in [0.15, 0.2) is 0 Å². The summed E-state index contributed by atoms with van der Waals surface area (Å²) >= 11 is 0. The minimum Gasteiger partial charge on any atom is -0.497 e. The molecule has 0 radical (unpaired) electrons. The number of hydrogen-bond donors (Lipinski definition) is 2. The summed E-state index contributed by atoms with van der Waals surface area (Å²) < 4.78 is 9.99. The van der Waals surface area contributed by atoms with Crippen LogP contribution in [0.4, 0.5) is 4.79 Å². The summed E-state index contributed by atoms with van der Waals surface area (Å²) in [5.74, 6) is 0.210. The van der Waals surface area contributed by atoms with Crippen molar-refractivity contribution in [3.8, 4) is 5.75 Å². The number of esters is 1. The molecule has 2 aromatic rings. The molecule has 2 atom stereocenters. The number of imidazole rings is 1. The molecule has 3 rings (SSSR count). The molecule has 1 aliphatic rings. The summed E-state index contributed by atoms with van der Waals surface area (Å²) in [6.45, 7) is 2.09. The molecule has 0 bridgehead atoms. The van der Waals surface area contributed by atoms with Crippen LogP contribution in [0.25, 0.3) is 0 Å². The van der Waals surface area contributed by atoms with Gasteiger partial charge >= 0.3 is 12.0 Å². The Morgan fingerprint density at radius 1 is 1.38 bits per heavy atom. The second-order valence-electron chi connectivity index (χ2n) is 6.08. The van der Waals surface area contributed by atoms with Gasteiger partial charge in [-0.15, -0.1) is 0 Å². The summed E-state index contributed by atoms with van der Waals surface area (Å²) in [5.41, 5.74) is 2.69. The van der Waals surface area contributed by atoms with Crippen molar-refractivity contribution in [3.63, 3.8) is 0 Å². The number of carbonyl (C=O) groups excluding carboxylic acids is 2. The van der Waals surface area contributed by atoms with Gasteiger partial charge in [-0.2, -0.15) is 0 Å². The van der Waals surface area contributed by atoms with Crippen molar-refractivity contribution in [1.82, 2.24) is 20.2 Å². The number of aromatic amines is 1. The molecule has 138 valence electrons. The van der Waals surface area contributed by atoms with E-state index in [2.05, 4.69) is 20.0 Å². The summed E-state index contributed by atoms with van der Waals surface area (Å²) in [4.78, 5) is 33.7. The van der Waals surface area contributed by atoms with E-state index in [0.717, 1.165) is 17.0 Å². The first-order valence-corrected chi connectivity index (χ1v) is 8.36. The van der Waals surface area contributed by atoms with Crippen molar-refractivity contribution < 1.29 is 19.1 Å². The fourth-order valence-corrected chi connectivity index (χ4v) is 3.15. The molecule has 2 N–H and O–H groups in total. The van der Waals surface area contributed by atoms with Crippen LogP contribution in [0, 0.1) is 0 Å². The highest BCUT2D eigenvalue weighted by Gasteiger charge is 2.35. The van der Waals surface area contributed by atoms with E-state index in [1.54, 1.807) is 25.3 Å². The van der Waals surface area contributed by atoms with Crippen LogP contribution in [0.3, 0.4) is 0 Å². The van der Waals surface area contributed by atoms with Crippen LogP contribution in [0.5, 0.6) is 5.75 Å². The zero-order valence-corrected chi connectivity index (χ0v) is 15.0. The highest BCUT2D eigenvalue weighted by molar-refractivity contribution is 5.83. The van der Waals surface area contributed by atoms with Gasteiger partial charge in [-0.1, -0.05) is 12.1 Å². The van der Waals surface area contributed by atoms with Gasteiger partial charge < -0.3 is 24.7 Å². The minimum atomic E-state index is -0.737. The van der Waals surface area contributed by atoms with Gasteiger partial charge in [-0.3, -0.25) is 0 Å². The second kappa shape index (κ2) is 7.47. The number of fused-ring (bicyclic) bond motifs is 1. The van der Waals surface area contributed by atoms with Crippen LogP contribution in [0.1, 0.15) is 29.9 Å². The lowest BCUT2D eigenvalue weighted by molar-refractivity contribution is -0.142. The summed E-state index contributed by atoms with van der Waals surface area (Å²) in [7, 11) is 2.89. The maximum atomic E-state index is 12.8. The molecule has 0 unspecified atom stereocenters. The fraction of sp³-hybridized carbons (Fsp3) is 0.389. The molecule has 8 nitrogen and oxygen atoms in total. The molecule has 2 heterocycles. The third kappa shape index (κ3) is 3.35. The molecule has 1 aromatic heterocycles. The van der Waals surface area contributed by atoms with Crippen LogP contribution in [0.15, 0.2) is 30.6 Å². The number of nitrogens with one attached hydrogen (secondary N) is 2. The van der Waals surface area contributed by atoms with E-state index >= 15 is 0 Å². The van der Waals surface area contributed by atoms with Crippen molar-refractivity contribution in [2.75, 3.05) is 20.8 Å². The van der Waals surface area contributed by atoms with Crippen LogP contribution in [0.2, 0.25) is 0 Å². The maximum absolute atomic E-state index is 12.8. The second-order valence-corrected chi connectivity index (χ2v) is 6.08. The molecular formula is C18H22N4O4. The average molecular weight is 358 g/mol. The van der Waals surface area contributed by atoms with Crippen molar-refractivity contribution in [2.45, 2.75) is 25.4 Å². The average Bonchev–Trinajstić information content (AvgIpc) is 3.15. The SMILES string of the molecule is COC(=O)[C@@H](C)NC(=O)N1CCc2[nH]cnc2[C@H]1c1cccc(OC)c1. The lowest BCUT2D eigenvalue weighted by Crippen LogP contribution is -2.50. The summed E-state index contributed by atoms with van der Waals surface area (Å²) in [5, 5.41) is 2.69. The third-order valence-electron chi connectivity index (χ3n) is 4.49. The Balaban J connectivity index is 1.93. The van der Waals surface area contributed by atoms with Gasteiger partial charge in [0.05, 0.1) is 26.2 Å². The van der Waals surface area contributed by atoms with E-state index in [0.29, 0.717) is 18.7 Å². The van der Waals surface area contributed by atoms with Gasteiger partial charge in [0.2, 0.25) is 0 Å². The van der Waals surface area contributed by atoms with E-state index in [4.69, 9.17) is 4.74 Å². The van der Waals surface area contributed by atoms with Gasteiger partial charge in [0, 0.05) is 18.7 Å². The number of nitrogens with zero attached hydrogens (tertiary/aromatic N) is 2. The number of benzene rings is 1. The van der Waals surface area contributed by atoms with Gasteiger partial charge in [0.25, 0.3) is 0 Å². The molecule has 2 amide bonds.